The second-order valence-corrected chi connectivity index (χ2v) is 6.86. The maximum absolute atomic E-state index is 13.4. The van der Waals surface area contributed by atoms with Crippen molar-refractivity contribution in [2.24, 2.45) is 4.99 Å². The summed E-state index contributed by atoms with van der Waals surface area (Å²) in [7, 11) is 1.35. The lowest BCUT2D eigenvalue weighted by Gasteiger charge is -2.15. The van der Waals surface area contributed by atoms with Gasteiger partial charge in [-0.15, -0.1) is 0 Å². The number of aromatic nitrogens is 2. The summed E-state index contributed by atoms with van der Waals surface area (Å²) in [6.07, 6.45) is -2.47. The summed E-state index contributed by atoms with van der Waals surface area (Å²) >= 11 is 6.07. The molecule has 2 aromatic rings. The summed E-state index contributed by atoms with van der Waals surface area (Å²) < 4.78 is 40.7. The van der Waals surface area contributed by atoms with E-state index in [-0.39, 0.29) is 27.7 Å². The van der Waals surface area contributed by atoms with Crippen LogP contribution in [0.2, 0.25) is 0 Å². The average Bonchev–Trinajstić information content (AvgIpc) is 3.23. The van der Waals surface area contributed by atoms with Gasteiger partial charge in [-0.2, -0.15) is 23.5 Å². The lowest BCUT2D eigenvalue weighted by Crippen LogP contribution is -2.26. The second-order valence-electron chi connectivity index (χ2n) is 6.46. The van der Waals surface area contributed by atoms with Gasteiger partial charge in [0.2, 0.25) is 0 Å². The zero-order valence-electron chi connectivity index (χ0n) is 17.7. The minimum atomic E-state index is -4.86. The van der Waals surface area contributed by atoms with Crippen LogP contribution in [0.1, 0.15) is 44.6 Å². The van der Waals surface area contributed by atoms with E-state index in [0.29, 0.717) is 16.3 Å². The van der Waals surface area contributed by atoms with Crippen LogP contribution in [0.5, 0.6) is 0 Å². The Morgan fingerprint density at radius 1 is 1.30 bits per heavy atom. The Morgan fingerprint density at radius 2 is 1.97 bits per heavy atom. The van der Waals surface area contributed by atoms with Crippen LogP contribution in [0.15, 0.2) is 47.1 Å². The molecule has 1 aromatic heterocycles. The van der Waals surface area contributed by atoms with Crippen molar-refractivity contribution in [1.29, 1.82) is 5.26 Å². The number of hydrogen-bond acceptors (Lipinski definition) is 5. The zero-order chi connectivity index (χ0) is 24.9. The van der Waals surface area contributed by atoms with Gasteiger partial charge >= 0.3 is 6.18 Å². The number of alkyl halides is 3. The number of halogens is 4. The Hall–Kier alpha value is -3.91. The second kappa shape index (κ2) is 10.1. The van der Waals surface area contributed by atoms with Crippen molar-refractivity contribution in [3.8, 4) is 6.07 Å². The quantitative estimate of drug-likeness (QED) is 0.494. The molecule has 2 N–H and O–H groups in total. The fraction of sp³-hybridized carbons (Fsp3) is 0.190. The summed E-state index contributed by atoms with van der Waals surface area (Å²) in [4.78, 5) is 29.2. The topological polar surface area (TPSA) is 112 Å². The van der Waals surface area contributed by atoms with Crippen LogP contribution in [0.25, 0.3) is 0 Å². The number of anilines is 1. The van der Waals surface area contributed by atoms with Crippen molar-refractivity contribution in [3.63, 3.8) is 0 Å². The van der Waals surface area contributed by atoms with Crippen molar-refractivity contribution < 1.29 is 22.8 Å². The molecule has 0 aliphatic heterocycles. The van der Waals surface area contributed by atoms with Gasteiger partial charge in [-0.1, -0.05) is 24.3 Å². The van der Waals surface area contributed by atoms with E-state index < -0.39 is 29.4 Å². The van der Waals surface area contributed by atoms with E-state index >= 15 is 0 Å². The molecule has 1 heterocycles. The van der Waals surface area contributed by atoms with Gasteiger partial charge in [0.1, 0.15) is 5.69 Å². The number of carbonyl (C=O) groups is 2. The van der Waals surface area contributed by atoms with Gasteiger partial charge < -0.3 is 10.6 Å². The van der Waals surface area contributed by atoms with Gasteiger partial charge in [-0.05, 0) is 31.5 Å². The molecule has 0 aliphatic rings. The molecule has 172 valence electrons. The fourth-order valence-corrected chi connectivity index (χ4v) is 2.91. The molecule has 33 heavy (non-hydrogen) atoms. The maximum atomic E-state index is 13.4. The Morgan fingerprint density at radius 3 is 2.48 bits per heavy atom. The number of amides is 2. The van der Waals surface area contributed by atoms with Crippen molar-refractivity contribution in [3.05, 3.63) is 70.2 Å². The third kappa shape index (κ3) is 5.48. The fourth-order valence-electron chi connectivity index (χ4n) is 2.78. The highest BCUT2D eigenvalue weighted by Gasteiger charge is 2.37. The van der Waals surface area contributed by atoms with Crippen LogP contribution in [0.4, 0.5) is 18.9 Å². The van der Waals surface area contributed by atoms with Crippen LogP contribution >= 0.6 is 11.6 Å². The molecule has 0 bridgehead atoms. The molecule has 2 amide bonds. The monoisotopic (exact) mass is 478 g/mol. The Bertz CT molecular complexity index is 1220. The summed E-state index contributed by atoms with van der Waals surface area (Å²) in [5.74, 6) is -1.90. The molecule has 0 aliphatic carbocycles. The molecular weight excluding hydrogens is 461 g/mol. The van der Waals surface area contributed by atoms with E-state index in [4.69, 9.17) is 16.9 Å². The first-order valence-electron chi connectivity index (χ1n) is 9.25. The smallest absolute Gasteiger partial charge is 0.355 e. The Labute approximate surface area is 192 Å². The molecule has 0 saturated carbocycles. The van der Waals surface area contributed by atoms with Gasteiger partial charge in [0.15, 0.2) is 11.5 Å². The predicted octanol–water partition coefficient (Wildman–Crippen LogP) is 4.23. The first-order valence-corrected chi connectivity index (χ1v) is 9.62. The summed E-state index contributed by atoms with van der Waals surface area (Å²) in [5.41, 5.74) is -1.43. The number of rotatable bonds is 5. The van der Waals surface area contributed by atoms with Crippen molar-refractivity contribution in [2.45, 2.75) is 20.0 Å². The van der Waals surface area contributed by atoms with Crippen molar-refractivity contribution in [2.75, 3.05) is 12.4 Å². The van der Waals surface area contributed by atoms with Gasteiger partial charge in [0.25, 0.3) is 11.8 Å². The first-order chi connectivity index (χ1) is 15.5. The third-order valence-electron chi connectivity index (χ3n) is 4.29. The van der Waals surface area contributed by atoms with Crippen LogP contribution < -0.4 is 10.6 Å². The third-order valence-corrected chi connectivity index (χ3v) is 4.68. The molecule has 8 nitrogen and oxygen atoms in total. The molecule has 0 radical (unpaired) electrons. The van der Waals surface area contributed by atoms with E-state index in [1.165, 1.54) is 39.1 Å². The van der Waals surface area contributed by atoms with E-state index in [2.05, 4.69) is 27.3 Å². The van der Waals surface area contributed by atoms with E-state index in [1.807, 2.05) is 6.07 Å². The number of nitriles is 1. The molecular formula is C21H18ClF3N6O2. The van der Waals surface area contributed by atoms with Gasteiger partial charge in [-0.3, -0.25) is 9.59 Å². The highest BCUT2D eigenvalue weighted by Crippen LogP contribution is 2.30. The van der Waals surface area contributed by atoms with Crippen LogP contribution in [0, 0.1) is 18.3 Å². The van der Waals surface area contributed by atoms with E-state index in [1.54, 1.807) is 0 Å². The Balaban J connectivity index is 2.70. The van der Waals surface area contributed by atoms with Crippen LogP contribution in [-0.2, 0) is 6.18 Å². The normalized spacial score (nSPS) is 12.2. The molecule has 0 unspecified atom stereocenters. The largest absolute Gasteiger partial charge is 0.435 e. The van der Waals surface area contributed by atoms with Crippen molar-refractivity contribution >= 4 is 34.9 Å². The number of aryl methyl sites for hydroxylation is 1. The van der Waals surface area contributed by atoms with Gasteiger partial charge in [0, 0.05) is 19.3 Å². The highest BCUT2D eigenvalue weighted by molar-refractivity contribution is 6.43. The number of aliphatic imine (C=N–C) groups is 1. The molecule has 1 aromatic carbocycles. The lowest BCUT2D eigenvalue weighted by molar-refractivity contribution is -0.141. The number of benzene rings is 1. The number of hydrogen-bond donors (Lipinski definition) is 2. The molecule has 2 rings (SSSR count). The Kier molecular flexibility index (Phi) is 7.79. The summed E-state index contributed by atoms with van der Waals surface area (Å²) in [6.45, 7) is 6.45. The minimum Gasteiger partial charge on any atom is -0.355 e. The minimum absolute atomic E-state index is 0.0130. The first kappa shape index (κ1) is 25.4. The number of allylic oxidation sites excluding steroid dienone is 2. The van der Waals surface area contributed by atoms with E-state index in [0.717, 1.165) is 6.20 Å². The number of carbonyl (C=O) groups excluding carboxylic acids is 2. The lowest BCUT2D eigenvalue weighted by atomic mass is 10.0. The molecule has 12 heteroatoms. The SMILES string of the molecule is C=CN=C(/C(Cl)=C\C)n1nc(C(F)(F)F)cc1C(=O)Nc1c(C)cc(C#N)cc1C(=O)NC. The van der Waals surface area contributed by atoms with E-state index in [9.17, 15) is 22.8 Å². The summed E-state index contributed by atoms with van der Waals surface area (Å²) in [6, 6.07) is 5.10. The molecule has 0 fully saturated rings. The van der Waals surface area contributed by atoms with Gasteiger partial charge in [-0.25, -0.2) is 9.67 Å². The van der Waals surface area contributed by atoms with Crippen molar-refractivity contribution in [1.82, 2.24) is 15.1 Å². The van der Waals surface area contributed by atoms with Crippen LogP contribution in [-0.4, -0.2) is 34.5 Å². The van der Waals surface area contributed by atoms with Gasteiger partial charge in [0.05, 0.1) is 27.9 Å². The molecule has 0 atom stereocenters. The molecule has 0 spiro atoms. The highest BCUT2D eigenvalue weighted by atomic mass is 35.5. The van der Waals surface area contributed by atoms with Crippen LogP contribution in [0.3, 0.4) is 0 Å². The number of nitrogens with zero attached hydrogens (tertiary/aromatic N) is 4. The average molecular weight is 479 g/mol. The summed E-state index contributed by atoms with van der Waals surface area (Å²) in [5, 5.41) is 17.4. The predicted molar refractivity (Wildman–Crippen MR) is 117 cm³/mol. The standard InChI is InChI=1S/C21H18ClF3N6O2/c1-5-14(22)18(28-6-2)31-15(9-16(30-31)21(23,24)25)20(33)29-17-11(3)7-12(10-26)8-13(17)19(32)27-4/h5-9H,2H2,1,3-4H3,(H,27,32)(H,29,33)/b14-5+,28-18?. The molecule has 0 saturated heterocycles. The zero-order valence-corrected chi connectivity index (χ0v) is 18.5. The maximum Gasteiger partial charge on any atom is 0.435 e. The number of nitrogens with one attached hydrogen (secondary N) is 2.